The number of aliphatic hydroxyl groups excluding tert-OH is 2. The first-order valence-electron chi connectivity index (χ1n) is 6.80. The molecule has 1 rings (SSSR count). The van der Waals surface area contributed by atoms with Crippen LogP contribution >= 0.6 is 0 Å². The highest BCUT2D eigenvalue weighted by Gasteiger charge is 2.06. The normalized spacial score (nSPS) is 14.1. The number of hydrogen-bond acceptors (Lipinski definition) is 4. The van der Waals surface area contributed by atoms with Crippen LogP contribution in [0, 0.1) is 0 Å². The zero-order valence-corrected chi connectivity index (χ0v) is 11.7. The van der Waals surface area contributed by atoms with Crippen LogP contribution in [0.1, 0.15) is 38.4 Å². The van der Waals surface area contributed by atoms with Crippen molar-refractivity contribution in [3.8, 4) is 5.75 Å². The summed E-state index contributed by atoms with van der Waals surface area (Å²) in [5.41, 5.74) is 0.843. The van der Waals surface area contributed by atoms with Gasteiger partial charge in [0.15, 0.2) is 0 Å². The molecule has 4 heteroatoms. The van der Waals surface area contributed by atoms with Gasteiger partial charge in [-0.3, -0.25) is 0 Å². The zero-order chi connectivity index (χ0) is 14.1. The zero-order valence-electron chi connectivity index (χ0n) is 11.7. The molecule has 19 heavy (non-hydrogen) atoms. The number of aliphatic hydroxyl groups is 2. The molecule has 0 aliphatic carbocycles. The van der Waals surface area contributed by atoms with Gasteiger partial charge >= 0.3 is 0 Å². The van der Waals surface area contributed by atoms with E-state index in [-0.39, 0.29) is 6.61 Å². The van der Waals surface area contributed by atoms with E-state index in [0.717, 1.165) is 18.4 Å². The van der Waals surface area contributed by atoms with Crippen molar-refractivity contribution in [1.29, 1.82) is 0 Å². The lowest BCUT2D eigenvalue weighted by molar-refractivity contribution is 0.0113. The topological polar surface area (TPSA) is 58.9 Å². The number of rotatable bonds is 9. The Balaban J connectivity index is 2.24. The highest BCUT2D eigenvalue weighted by Crippen LogP contribution is 2.17. The second-order valence-corrected chi connectivity index (χ2v) is 4.64. The number of unbranched alkanes of at least 4 members (excludes halogenated alkanes) is 1. The van der Waals surface area contributed by atoms with Crippen molar-refractivity contribution in [3.05, 3.63) is 29.8 Å². The highest BCUT2D eigenvalue weighted by atomic mass is 16.5. The van der Waals surface area contributed by atoms with Crippen molar-refractivity contribution in [1.82, 2.24) is 0 Å². The molecule has 0 saturated heterocycles. The van der Waals surface area contributed by atoms with E-state index in [1.165, 1.54) is 0 Å². The second-order valence-electron chi connectivity index (χ2n) is 4.64. The van der Waals surface area contributed by atoms with Crippen LogP contribution in [0.25, 0.3) is 0 Å². The van der Waals surface area contributed by atoms with E-state index < -0.39 is 12.2 Å². The van der Waals surface area contributed by atoms with Gasteiger partial charge in [0.2, 0.25) is 0 Å². The summed E-state index contributed by atoms with van der Waals surface area (Å²) in [5, 5.41) is 19.0. The van der Waals surface area contributed by atoms with Crippen LogP contribution in [0.2, 0.25) is 0 Å². The third-order valence-corrected chi connectivity index (χ3v) is 2.76. The Morgan fingerprint density at radius 1 is 1.11 bits per heavy atom. The van der Waals surface area contributed by atoms with E-state index >= 15 is 0 Å². The first-order chi connectivity index (χ1) is 9.13. The summed E-state index contributed by atoms with van der Waals surface area (Å²) in [7, 11) is 0. The lowest BCUT2D eigenvalue weighted by atomic mass is 10.1. The minimum atomic E-state index is -0.617. The van der Waals surface area contributed by atoms with Gasteiger partial charge in [0, 0.05) is 6.61 Å². The van der Waals surface area contributed by atoms with E-state index in [0.29, 0.717) is 19.0 Å². The molecule has 4 nitrogen and oxygen atoms in total. The van der Waals surface area contributed by atoms with Gasteiger partial charge in [-0.15, -0.1) is 0 Å². The minimum absolute atomic E-state index is 0.208. The molecule has 0 saturated carbocycles. The van der Waals surface area contributed by atoms with Crippen LogP contribution < -0.4 is 4.74 Å². The van der Waals surface area contributed by atoms with Crippen LogP contribution in [0.5, 0.6) is 5.75 Å². The van der Waals surface area contributed by atoms with Gasteiger partial charge < -0.3 is 19.7 Å². The summed E-state index contributed by atoms with van der Waals surface area (Å²) in [5.74, 6) is 0.678. The molecular formula is C15H24O4. The summed E-state index contributed by atoms with van der Waals surface area (Å²) in [4.78, 5) is 0. The number of benzene rings is 1. The standard InChI is InChI=1S/C15H24O4/c1-3-4-9-18-10-14(17)11-19-15-7-5-13(6-8-15)12(2)16/h5-8,12,14,16-17H,3-4,9-11H2,1-2H3/t12-,14?/m0/s1. The molecule has 0 aliphatic heterocycles. The molecule has 0 aromatic heterocycles. The van der Waals surface area contributed by atoms with Gasteiger partial charge in [-0.2, -0.15) is 0 Å². The maximum absolute atomic E-state index is 9.66. The quantitative estimate of drug-likeness (QED) is 0.675. The maximum Gasteiger partial charge on any atom is 0.119 e. The van der Waals surface area contributed by atoms with Crippen molar-refractivity contribution in [3.63, 3.8) is 0 Å². The van der Waals surface area contributed by atoms with Crippen LogP contribution in [-0.2, 0) is 4.74 Å². The highest BCUT2D eigenvalue weighted by molar-refractivity contribution is 5.28. The fourth-order valence-corrected chi connectivity index (χ4v) is 1.55. The minimum Gasteiger partial charge on any atom is -0.491 e. The lowest BCUT2D eigenvalue weighted by Gasteiger charge is -2.13. The van der Waals surface area contributed by atoms with Gasteiger partial charge in [-0.1, -0.05) is 25.5 Å². The molecular weight excluding hydrogens is 244 g/mol. The Labute approximate surface area is 115 Å². The summed E-state index contributed by atoms with van der Waals surface area (Å²) < 4.78 is 10.8. The lowest BCUT2D eigenvalue weighted by Crippen LogP contribution is -2.23. The molecule has 0 heterocycles. The number of hydrogen-bond donors (Lipinski definition) is 2. The van der Waals surface area contributed by atoms with Crippen molar-refractivity contribution in [2.24, 2.45) is 0 Å². The molecule has 1 aromatic carbocycles. The third-order valence-electron chi connectivity index (χ3n) is 2.76. The van der Waals surface area contributed by atoms with Crippen LogP contribution in [-0.4, -0.2) is 36.1 Å². The summed E-state index contributed by atoms with van der Waals surface area (Å²) in [6, 6.07) is 7.19. The van der Waals surface area contributed by atoms with Crippen molar-refractivity contribution < 1.29 is 19.7 Å². The van der Waals surface area contributed by atoms with Gasteiger partial charge in [0.25, 0.3) is 0 Å². The Morgan fingerprint density at radius 2 is 1.79 bits per heavy atom. The molecule has 0 spiro atoms. The maximum atomic E-state index is 9.66. The third kappa shape index (κ3) is 6.57. The smallest absolute Gasteiger partial charge is 0.119 e. The summed E-state index contributed by atoms with van der Waals surface area (Å²) in [6.07, 6.45) is 0.997. The van der Waals surface area contributed by atoms with Gasteiger partial charge in [-0.05, 0) is 31.0 Å². The van der Waals surface area contributed by atoms with Gasteiger partial charge in [0.1, 0.15) is 18.5 Å². The summed E-state index contributed by atoms with van der Waals surface area (Å²) in [6.45, 7) is 5.00. The van der Waals surface area contributed by atoms with Gasteiger partial charge in [-0.25, -0.2) is 0 Å². The van der Waals surface area contributed by atoms with E-state index in [2.05, 4.69) is 6.92 Å². The van der Waals surface area contributed by atoms with E-state index in [9.17, 15) is 10.2 Å². The molecule has 0 fully saturated rings. The van der Waals surface area contributed by atoms with E-state index in [1.54, 1.807) is 19.1 Å². The van der Waals surface area contributed by atoms with Crippen LogP contribution in [0.3, 0.4) is 0 Å². The molecule has 1 aromatic rings. The average Bonchev–Trinajstić information content (AvgIpc) is 2.42. The second kappa shape index (κ2) is 8.91. The first kappa shape index (κ1) is 16.0. The average molecular weight is 268 g/mol. The van der Waals surface area contributed by atoms with Crippen molar-refractivity contribution >= 4 is 0 Å². The van der Waals surface area contributed by atoms with E-state index in [4.69, 9.17) is 9.47 Å². The molecule has 2 N–H and O–H groups in total. The molecule has 0 bridgehead atoms. The Hall–Kier alpha value is -1.10. The van der Waals surface area contributed by atoms with E-state index in [1.807, 2.05) is 12.1 Å². The fraction of sp³-hybridized carbons (Fsp3) is 0.600. The first-order valence-corrected chi connectivity index (χ1v) is 6.80. The van der Waals surface area contributed by atoms with Gasteiger partial charge in [0.05, 0.1) is 12.7 Å². The molecule has 108 valence electrons. The molecule has 1 unspecified atom stereocenters. The predicted octanol–water partition coefficient (Wildman–Crippen LogP) is 2.30. The SMILES string of the molecule is CCCCOCC(O)COc1ccc([C@H](C)O)cc1. The van der Waals surface area contributed by atoms with Crippen molar-refractivity contribution in [2.45, 2.75) is 38.9 Å². The Morgan fingerprint density at radius 3 is 2.37 bits per heavy atom. The predicted molar refractivity (Wildman–Crippen MR) is 74.3 cm³/mol. The fourth-order valence-electron chi connectivity index (χ4n) is 1.55. The molecule has 0 aliphatic rings. The summed E-state index contributed by atoms with van der Waals surface area (Å²) >= 11 is 0. The van der Waals surface area contributed by atoms with Crippen LogP contribution in [0.4, 0.5) is 0 Å². The molecule has 2 atom stereocenters. The number of ether oxygens (including phenoxy) is 2. The van der Waals surface area contributed by atoms with Crippen LogP contribution in [0.15, 0.2) is 24.3 Å². The molecule has 0 radical (unpaired) electrons. The largest absolute Gasteiger partial charge is 0.491 e. The molecule has 0 amide bonds. The Kier molecular flexibility index (Phi) is 7.48. The Bertz CT molecular complexity index is 335. The monoisotopic (exact) mass is 268 g/mol. The van der Waals surface area contributed by atoms with Crippen molar-refractivity contribution in [2.75, 3.05) is 19.8 Å².